The van der Waals surface area contributed by atoms with Gasteiger partial charge >= 0.3 is 0 Å². The number of nitrogens with zero attached hydrogens (tertiary/aromatic N) is 1. The summed E-state index contributed by atoms with van der Waals surface area (Å²) >= 11 is 0. The lowest BCUT2D eigenvalue weighted by atomic mass is 10.0. The molecule has 3 heteroatoms. The van der Waals surface area contributed by atoms with Crippen LogP contribution in [0.1, 0.15) is 13.8 Å². The van der Waals surface area contributed by atoms with Gasteiger partial charge in [-0.2, -0.15) is 0 Å². The summed E-state index contributed by atoms with van der Waals surface area (Å²) in [6.45, 7) is 7.56. The highest BCUT2D eigenvalue weighted by Crippen LogP contribution is 2.14. The second-order valence-electron chi connectivity index (χ2n) is 3.67. The van der Waals surface area contributed by atoms with E-state index in [2.05, 4.69) is 24.1 Å². The van der Waals surface area contributed by atoms with Crippen molar-refractivity contribution in [2.45, 2.75) is 19.4 Å². The van der Waals surface area contributed by atoms with Crippen LogP contribution in [0.15, 0.2) is 0 Å². The van der Waals surface area contributed by atoms with E-state index in [1.165, 1.54) is 0 Å². The van der Waals surface area contributed by atoms with Gasteiger partial charge in [0.2, 0.25) is 0 Å². The fraction of sp³-hybridized carbons (Fsp3) is 1.00. The lowest BCUT2D eigenvalue weighted by molar-refractivity contribution is 0.0836. The molecular formula is C8H17FN2. The van der Waals surface area contributed by atoms with Gasteiger partial charge in [0.15, 0.2) is 0 Å². The molecule has 2 nitrogen and oxygen atoms in total. The van der Waals surface area contributed by atoms with Crippen molar-refractivity contribution in [2.24, 2.45) is 0 Å². The van der Waals surface area contributed by atoms with Gasteiger partial charge in [0, 0.05) is 31.7 Å². The average molecular weight is 160 g/mol. The number of alkyl halides is 1. The van der Waals surface area contributed by atoms with Gasteiger partial charge in [-0.15, -0.1) is 0 Å². The molecule has 1 heterocycles. The fourth-order valence-electron chi connectivity index (χ4n) is 1.54. The molecule has 0 aromatic heterocycles. The summed E-state index contributed by atoms with van der Waals surface area (Å²) in [5.41, 5.74) is 0.129. The summed E-state index contributed by atoms with van der Waals surface area (Å²) in [6, 6.07) is 0. The summed E-state index contributed by atoms with van der Waals surface area (Å²) in [5.74, 6) is 0. The molecule has 1 rings (SSSR count). The minimum absolute atomic E-state index is 0.129. The topological polar surface area (TPSA) is 15.3 Å². The first kappa shape index (κ1) is 8.94. The van der Waals surface area contributed by atoms with Crippen LogP contribution in [-0.4, -0.2) is 43.3 Å². The molecule has 1 aliphatic heterocycles. The average Bonchev–Trinajstić information content (AvgIpc) is 1.94. The Morgan fingerprint density at radius 1 is 1.55 bits per heavy atom. The molecule has 0 amide bonds. The Morgan fingerprint density at radius 3 is 2.82 bits per heavy atom. The Morgan fingerprint density at radius 2 is 2.27 bits per heavy atom. The van der Waals surface area contributed by atoms with Crippen LogP contribution in [0.5, 0.6) is 0 Å². The Hall–Kier alpha value is -0.150. The summed E-state index contributed by atoms with van der Waals surface area (Å²) in [7, 11) is 0. The lowest BCUT2D eigenvalue weighted by Crippen LogP contribution is -2.58. The predicted octanol–water partition coefficient (Wildman–Crippen LogP) is 0.640. The zero-order valence-corrected chi connectivity index (χ0v) is 7.36. The van der Waals surface area contributed by atoms with Crippen LogP contribution in [0.25, 0.3) is 0 Å². The van der Waals surface area contributed by atoms with E-state index in [1.807, 2.05) is 0 Å². The largest absolute Gasteiger partial charge is 0.314 e. The van der Waals surface area contributed by atoms with E-state index in [0.717, 1.165) is 19.6 Å². The van der Waals surface area contributed by atoms with Crippen LogP contribution in [0.4, 0.5) is 4.39 Å². The molecule has 0 aromatic rings. The monoisotopic (exact) mass is 160 g/mol. The molecule has 0 aromatic carbocycles. The Balaban J connectivity index is 2.45. The highest BCUT2D eigenvalue weighted by molar-refractivity contribution is 4.87. The van der Waals surface area contributed by atoms with Crippen LogP contribution < -0.4 is 5.32 Å². The van der Waals surface area contributed by atoms with Gasteiger partial charge in [-0.05, 0) is 13.8 Å². The van der Waals surface area contributed by atoms with Crippen LogP contribution in [-0.2, 0) is 0 Å². The first-order valence-corrected chi connectivity index (χ1v) is 4.18. The molecule has 1 fully saturated rings. The van der Waals surface area contributed by atoms with Crippen LogP contribution >= 0.6 is 0 Å². The minimum Gasteiger partial charge on any atom is -0.314 e. The van der Waals surface area contributed by atoms with E-state index in [9.17, 15) is 4.39 Å². The van der Waals surface area contributed by atoms with Crippen LogP contribution in [0.2, 0.25) is 0 Å². The van der Waals surface area contributed by atoms with Gasteiger partial charge in [-0.3, -0.25) is 4.90 Å². The summed E-state index contributed by atoms with van der Waals surface area (Å²) in [6.07, 6.45) is 0. The van der Waals surface area contributed by atoms with Gasteiger partial charge in [0.25, 0.3) is 0 Å². The molecule has 1 saturated heterocycles. The van der Waals surface area contributed by atoms with Crippen molar-refractivity contribution in [3.8, 4) is 0 Å². The lowest BCUT2D eigenvalue weighted by Gasteiger charge is -2.42. The highest BCUT2D eigenvalue weighted by atomic mass is 19.1. The van der Waals surface area contributed by atoms with E-state index in [1.54, 1.807) is 0 Å². The molecule has 11 heavy (non-hydrogen) atoms. The SMILES string of the molecule is CC1(C)CNCCN1CCF. The predicted molar refractivity (Wildman–Crippen MR) is 44.5 cm³/mol. The molecule has 0 atom stereocenters. The van der Waals surface area contributed by atoms with E-state index in [0.29, 0.717) is 6.54 Å². The second kappa shape index (κ2) is 3.50. The Bertz CT molecular complexity index is 123. The number of hydrogen-bond donors (Lipinski definition) is 1. The standard InChI is InChI=1S/C8H17FN2/c1-8(2)7-10-4-6-11(8)5-3-9/h10H,3-7H2,1-2H3. The van der Waals surface area contributed by atoms with Crippen LogP contribution in [0, 0.1) is 0 Å². The van der Waals surface area contributed by atoms with Crippen molar-refractivity contribution in [3.05, 3.63) is 0 Å². The second-order valence-corrected chi connectivity index (χ2v) is 3.67. The number of nitrogens with one attached hydrogen (secondary N) is 1. The van der Waals surface area contributed by atoms with Gasteiger partial charge in [-0.1, -0.05) is 0 Å². The third kappa shape index (κ3) is 2.14. The van der Waals surface area contributed by atoms with Crippen molar-refractivity contribution >= 4 is 0 Å². The summed E-state index contributed by atoms with van der Waals surface area (Å²) in [4.78, 5) is 2.20. The van der Waals surface area contributed by atoms with Crippen LogP contribution in [0.3, 0.4) is 0 Å². The maximum atomic E-state index is 12.1. The van der Waals surface area contributed by atoms with Crippen molar-refractivity contribution in [3.63, 3.8) is 0 Å². The van der Waals surface area contributed by atoms with Gasteiger partial charge in [-0.25, -0.2) is 4.39 Å². The maximum absolute atomic E-state index is 12.1. The first-order valence-electron chi connectivity index (χ1n) is 4.18. The van der Waals surface area contributed by atoms with E-state index in [-0.39, 0.29) is 12.2 Å². The molecular weight excluding hydrogens is 143 g/mol. The van der Waals surface area contributed by atoms with Gasteiger partial charge < -0.3 is 5.32 Å². The Labute approximate surface area is 67.8 Å². The zero-order valence-electron chi connectivity index (χ0n) is 7.36. The summed E-state index contributed by atoms with van der Waals surface area (Å²) in [5, 5.41) is 3.30. The Kier molecular flexibility index (Phi) is 2.84. The van der Waals surface area contributed by atoms with E-state index >= 15 is 0 Å². The zero-order chi connectivity index (χ0) is 8.32. The minimum atomic E-state index is -0.233. The molecule has 0 unspecified atom stereocenters. The fourth-order valence-corrected chi connectivity index (χ4v) is 1.54. The molecule has 0 radical (unpaired) electrons. The van der Waals surface area contributed by atoms with E-state index < -0.39 is 0 Å². The third-order valence-corrected chi connectivity index (χ3v) is 2.33. The van der Waals surface area contributed by atoms with Gasteiger partial charge in [0.1, 0.15) is 6.67 Å². The normalized spacial score (nSPS) is 25.4. The number of piperazine rings is 1. The summed E-state index contributed by atoms with van der Waals surface area (Å²) < 4.78 is 12.1. The molecule has 0 bridgehead atoms. The third-order valence-electron chi connectivity index (χ3n) is 2.33. The van der Waals surface area contributed by atoms with Crippen molar-refractivity contribution in [1.82, 2.24) is 10.2 Å². The molecule has 0 spiro atoms. The molecule has 1 aliphatic rings. The molecule has 66 valence electrons. The van der Waals surface area contributed by atoms with Gasteiger partial charge in [0.05, 0.1) is 0 Å². The molecule has 1 N–H and O–H groups in total. The van der Waals surface area contributed by atoms with Crippen molar-refractivity contribution < 1.29 is 4.39 Å². The number of halogens is 1. The smallest absolute Gasteiger partial charge is 0.102 e. The van der Waals surface area contributed by atoms with Crippen molar-refractivity contribution in [1.29, 1.82) is 0 Å². The quantitative estimate of drug-likeness (QED) is 0.637. The highest BCUT2D eigenvalue weighted by Gasteiger charge is 2.28. The molecule has 0 aliphatic carbocycles. The first-order chi connectivity index (χ1) is 5.17. The number of hydrogen-bond acceptors (Lipinski definition) is 2. The van der Waals surface area contributed by atoms with E-state index in [4.69, 9.17) is 0 Å². The maximum Gasteiger partial charge on any atom is 0.102 e. The van der Waals surface area contributed by atoms with Crippen molar-refractivity contribution in [2.75, 3.05) is 32.9 Å². The molecule has 0 saturated carbocycles. The number of rotatable bonds is 2.